The zero-order valence-corrected chi connectivity index (χ0v) is 20.6. The Morgan fingerprint density at radius 2 is 1.64 bits per heavy atom. The summed E-state index contributed by atoms with van der Waals surface area (Å²) in [4.78, 5) is 0. The SMILES string of the molecule is Cc1cccc(C#N)c1OCC[N+]1(CC2CCCCC2)CCCCCCC1.[Y]. The number of aryl methyl sites for hydroxylation is 1. The van der Waals surface area contributed by atoms with Gasteiger partial charge in [0.25, 0.3) is 0 Å². The van der Waals surface area contributed by atoms with E-state index in [2.05, 4.69) is 6.07 Å². The van der Waals surface area contributed by atoms with Crippen LogP contribution >= 0.6 is 0 Å². The molecule has 2 aliphatic rings. The van der Waals surface area contributed by atoms with Crippen molar-refractivity contribution in [2.45, 2.75) is 71.1 Å². The molecule has 1 aromatic carbocycles. The number of hydrogen-bond donors (Lipinski definition) is 0. The molecule has 0 bridgehead atoms. The summed E-state index contributed by atoms with van der Waals surface area (Å²) in [6.07, 6.45) is 14.1. The summed E-state index contributed by atoms with van der Waals surface area (Å²) in [5.74, 6) is 1.70. The average Bonchev–Trinajstić information content (AvgIpc) is 2.67. The molecule has 0 unspecified atom stereocenters. The van der Waals surface area contributed by atoms with Crippen LogP contribution < -0.4 is 4.74 Å². The normalized spacial score (nSPS) is 20.3. The van der Waals surface area contributed by atoms with Crippen molar-refractivity contribution in [3.8, 4) is 11.8 Å². The molecule has 1 heterocycles. The molecule has 0 N–H and O–H groups in total. The van der Waals surface area contributed by atoms with Gasteiger partial charge >= 0.3 is 0 Å². The first-order valence-corrected chi connectivity index (χ1v) is 11.2. The molecule has 4 heteroatoms. The van der Waals surface area contributed by atoms with Crippen LogP contribution in [0, 0.1) is 24.2 Å². The van der Waals surface area contributed by atoms with Crippen molar-refractivity contribution in [2.24, 2.45) is 5.92 Å². The van der Waals surface area contributed by atoms with Crippen LogP contribution in [-0.4, -0.2) is 37.3 Å². The Labute approximate surface area is 197 Å². The van der Waals surface area contributed by atoms with E-state index in [-0.39, 0.29) is 32.7 Å². The van der Waals surface area contributed by atoms with Gasteiger partial charge in [-0.3, -0.25) is 0 Å². The maximum absolute atomic E-state index is 9.39. The van der Waals surface area contributed by atoms with E-state index >= 15 is 0 Å². The van der Waals surface area contributed by atoms with Gasteiger partial charge in [0.15, 0.2) is 0 Å². The molecular formula is C24H37N2OY+. The molecule has 1 aliphatic carbocycles. The molecule has 0 aromatic heterocycles. The van der Waals surface area contributed by atoms with Gasteiger partial charge in [-0.1, -0.05) is 37.8 Å². The molecule has 28 heavy (non-hydrogen) atoms. The van der Waals surface area contributed by atoms with Crippen LogP contribution in [0.15, 0.2) is 18.2 Å². The third-order valence-corrected chi connectivity index (χ3v) is 6.78. The summed E-state index contributed by atoms with van der Waals surface area (Å²) >= 11 is 0. The molecule has 1 radical (unpaired) electrons. The number of quaternary nitrogens is 1. The Morgan fingerprint density at radius 3 is 2.32 bits per heavy atom. The van der Waals surface area contributed by atoms with Crippen LogP contribution in [0.25, 0.3) is 0 Å². The van der Waals surface area contributed by atoms with Crippen molar-refractivity contribution >= 4 is 0 Å². The third-order valence-electron chi connectivity index (χ3n) is 6.78. The standard InChI is InChI=1S/C24H37N2O.Y/c1-21-11-10-14-23(19-25)24(21)27-18-17-26(15-8-3-2-4-9-16-26)20-22-12-6-5-7-13-22;/h10-11,14,22H,2-9,12-13,15-18,20H2,1H3;/q+1;. The van der Waals surface area contributed by atoms with E-state index in [1.165, 1.54) is 88.3 Å². The minimum absolute atomic E-state index is 0. The summed E-state index contributed by atoms with van der Waals surface area (Å²) in [5.41, 5.74) is 1.74. The molecule has 1 saturated carbocycles. The van der Waals surface area contributed by atoms with Crippen molar-refractivity contribution in [2.75, 3.05) is 32.8 Å². The molecule has 0 amide bonds. The second-order valence-corrected chi connectivity index (χ2v) is 8.88. The zero-order valence-electron chi connectivity index (χ0n) is 17.8. The molecule has 0 spiro atoms. The molecule has 0 atom stereocenters. The largest absolute Gasteiger partial charge is 0.486 e. The van der Waals surface area contributed by atoms with Gasteiger partial charge in [0, 0.05) is 38.6 Å². The molecule has 1 saturated heterocycles. The van der Waals surface area contributed by atoms with E-state index in [9.17, 15) is 5.26 Å². The predicted octanol–water partition coefficient (Wildman–Crippen LogP) is 5.60. The van der Waals surface area contributed by atoms with Crippen molar-refractivity contribution < 1.29 is 41.9 Å². The van der Waals surface area contributed by atoms with Crippen LogP contribution in [-0.2, 0) is 32.7 Å². The Morgan fingerprint density at radius 1 is 1.00 bits per heavy atom. The summed E-state index contributed by atoms with van der Waals surface area (Å²) in [6, 6.07) is 8.14. The first-order chi connectivity index (χ1) is 13.2. The van der Waals surface area contributed by atoms with Crippen molar-refractivity contribution in [1.29, 1.82) is 5.26 Å². The third kappa shape index (κ3) is 6.82. The van der Waals surface area contributed by atoms with Crippen LogP contribution in [0.2, 0.25) is 0 Å². The van der Waals surface area contributed by atoms with Crippen LogP contribution in [0.5, 0.6) is 5.75 Å². The van der Waals surface area contributed by atoms with Gasteiger partial charge in [0.2, 0.25) is 0 Å². The molecular weight excluding hydrogens is 421 g/mol. The van der Waals surface area contributed by atoms with Crippen LogP contribution in [0.3, 0.4) is 0 Å². The second kappa shape index (κ2) is 12.3. The van der Waals surface area contributed by atoms with Crippen molar-refractivity contribution in [3.63, 3.8) is 0 Å². The fraction of sp³-hybridized carbons (Fsp3) is 0.708. The van der Waals surface area contributed by atoms with Crippen molar-refractivity contribution in [1.82, 2.24) is 0 Å². The number of para-hydroxylation sites is 1. The number of ether oxygens (including phenoxy) is 1. The van der Waals surface area contributed by atoms with E-state index in [0.717, 1.165) is 30.4 Å². The summed E-state index contributed by atoms with van der Waals surface area (Å²) in [7, 11) is 0. The Kier molecular flexibility index (Phi) is 10.5. The van der Waals surface area contributed by atoms with Gasteiger partial charge in [0.05, 0.1) is 25.2 Å². The Hall–Kier alpha value is -0.426. The molecule has 1 aliphatic heterocycles. The Bertz CT molecular complexity index is 626. The number of nitrogens with zero attached hydrogens (tertiary/aromatic N) is 2. The smallest absolute Gasteiger partial charge is 0.140 e. The maximum atomic E-state index is 9.39. The maximum Gasteiger partial charge on any atom is 0.140 e. The topological polar surface area (TPSA) is 33.0 Å². The summed E-state index contributed by atoms with van der Waals surface area (Å²) in [5, 5.41) is 9.39. The van der Waals surface area contributed by atoms with Crippen LogP contribution in [0.1, 0.15) is 75.3 Å². The first kappa shape index (κ1) is 23.8. The van der Waals surface area contributed by atoms with Crippen molar-refractivity contribution in [3.05, 3.63) is 29.3 Å². The minimum atomic E-state index is 0. The monoisotopic (exact) mass is 458 g/mol. The zero-order chi connectivity index (χ0) is 19.0. The molecule has 2 fully saturated rings. The van der Waals surface area contributed by atoms with Crippen LogP contribution in [0.4, 0.5) is 0 Å². The summed E-state index contributed by atoms with van der Waals surface area (Å²) in [6.45, 7) is 7.85. The minimum Gasteiger partial charge on any atom is -0.486 e. The molecule has 151 valence electrons. The number of nitriles is 1. The van der Waals surface area contributed by atoms with E-state index in [0.29, 0.717) is 5.56 Å². The number of hydrogen-bond acceptors (Lipinski definition) is 2. The van der Waals surface area contributed by atoms with Gasteiger partial charge in [-0.2, -0.15) is 5.26 Å². The van der Waals surface area contributed by atoms with Gasteiger partial charge in [0.1, 0.15) is 25.0 Å². The fourth-order valence-corrected chi connectivity index (χ4v) is 5.22. The molecule has 3 rings (SSSR count). The summed E-state index contributed by atoms with van der Waals surface area (Å²) < 4.78 is 7.46. The van der Waals surface area contributed by atoms with E-state index in [1.807, 2.05) is 25.1 Å². The average molecular weight is 458 g/mol. The van der Waals surface area contributed by atoms with E-state index < -0.39 is 0 Å². The first-order valence-electron chi connectivity index (χ1n) is 11.2. The predicted molar refractivity (Wildman–Crippen MR) is 111 cm³/mol. The van der Waals surface area contributed by atoms with Gasteiger partial charge in [-0.15, -0.1) is 0 Å². The number of likely N-dealkylation sites (tertiary alicyclic amines) is 1. The fourth-order valence-electron chi connectivity index (χ4n) is 5.22. The second-order valence-electron chi connectivity index (χ2n) is 8.88. The van der Waals surface area contributed by atoms with Gasteiger partial charge < -0.3 is 9.22 Å². The van der Waals surface area contributed by atoms with E-state index in [1.54, 1.807) is 0 Å². The molecule has 3 nitrogen and oxygen atoms in total. The van der Waals surface area contributed by atoms with E-state index in [4.69, 9.17) is 4.74 Å². The molecule has 1 aromatic rings. The number of rotatable bonds is 6. The Balaban J connectivity index is 0.00000280. The van der Waals surface area contributed by atoms with Gasteiger partial charge in [-0.05, 0) is 57.1 Å². The van der Waals surface area contributed by atoms with Gasteiger partial charge in [-0.25, -0.2) is 0 Å². The quantitative estimate of drug-likeness (QED) is 0.520. The number of benzene rings is 1.